The van der Waals surface area contributed by atoms with Gasteiger partial charge in [0.2, 0.25) is 0 Å². The van der Waals surface area contributed by atoms with Gasteiger partial charge in [0.1, 0.15) is 0 Å². The fourth-order valence-corrected chi connectivity index (χ4v) is 1.83. The van der Waals surface area contributed by atoms with Crippen molar-refractivity contribution in [1.82, 2.24) is 0 Å². The summed E-state index contributed by atoms with van der Waals surface area (Å²) in [5.41, 5.74) is 0.752. The van der Waals surface area contributed by atoms with Gasteiger partial charge in [-0.05, 0) is 37.1 Å². The number of hydrogen-bond donors (Lipinski definition) is 0. The standard InChI is InChI=1S/C13H16Cl2O/c14-10-4-2-1-3-5-13(16)11-6-8-12(15)9-7-11/h6-9H,1-5,10H2. The summed E-state index contributed by atoms with van der Waals surface area (Å²) in [7, 11) is 0. The quantitative estimate of drug-likeness (QED) is 0.393. The maximum atomic E-state index is 11.7. The summed E-state index contributed by atoms with van der Waals surface area (Å²) in [6, 6.07) is 7.07. The lowest BCUT2D eigenvalue weighted by Gasteiger charge is -2.01. The molecule has 3 heteroatoms. The molecule has 0 bridgehead atoms. The normalized spacial score (nSPS) is 10.4. The zero-order valence-corrected chi connectivity index (χ0v) is 10.7. The van der Waals surface area contributed by atoms with Crippen molar-refractivity contribution in [2.45, 2.75) is 32.1 Å². The maximum absolute atomic E-state index is 11.7. The lowest BCUT2D eigenvalue weighted by molar-refractivity contribution is 0.0979. The molecule has 0 amide bonds. The number of hydrogen-bond acceptors (Lipinski definition) is 1. The van der Waals surface area contributed by atoms with Crippen molar-refractivity contribution >= 4 is 29.0 Å². The van der Waals surface area contributed by atoms with Gasteiger partial charge in [-0.1, -0.05) is 24.4 Å². The van der Waals surface area contributed by atoms with Crippen molar-refractivity contribution in [3.05, 3.63) is 34.9 Å². The highest BCUT2D eigenvalue weighted by atomic mass is 35.5. The van der Waals surface area contributed by atoms with Crippen molar-refractivity contribution < 1.29 is 4.79 Å². The number of rotatable bonds is 7. The van der Waals surface area contributed by atoms with Crippen molar-refractivity contribution in [2.24, 2.45) is 0 Å². The predicted octanol–water partition coefficient (Wildman–Crippen LogP) is 4.71. The van der Waals surface area contributed by atoms with Gasteiger partial charge in [0, 0.05) is 22.9 Å². The van der Waals surface area contributed by atoms with Crippen molar-refractivity contribution in [3.63, 3.8) is 0 Å². The fraction of sp³-hybridized carbons (Fsp3) is 0.462. The molecule has 0 aliphatic rings. The first-order valence-corrected chi connectivity index (χ1v) is 6.50. The van der Waals surface area contributed by atoms with Crippen LogP contribution in [0.15, 0.2) is 24.3 Å². The number of ketones is 1. The first-order chi connectivity index (χ1) is 7.74. The molecule has 0 heterocycles. The largest absolute Gasteiger partial charge is 0.294 e. The van der Waals surface area contributed by atoms with Gasteiger partial charge in [0.15, 0.2) is 5.78 Å². The number of Topliss-reactive ketones (excluding diaryl/α,β-unsaturated/α-hetero) is 1. The molecule has 1 aromatic rings. The van der Waals surface area contributed by atoms with Crippen LogP contribution in [0.2, 0.25) is 5.02 Å². The molecule has 0 saturated carbocycles. The summed E-state index contributed by atoms with van der Waals surface area (Å²) in [6.07, 6.45) is 4.78. The van der Waals surface area contributed by atoms with Crippen LogP contribution in [0.5, 0.6) is 0 Å². The van der Waals surface area contributed by atoms with Gasteiger partial charge in [0.05, 0.1) is 0 Å². The second kappa shape index (κ2) is 7.70. The highest BCUT2D eigenvalue weighted by Gasteiger charge is 2.04. The van der Waals surface area contributed by atoms with E-state index in [0.717, 1.165) is 31.2 Å². The smallest absolute Gasteiger partial charge is 0.162 e. The van der Waals surface area contributed by atoms with E-state index in [-0.39, 0.29) is 5.78 Å². The third kappa shape index (κ3) is 5.00. The van der Waals surface area contributed by atoms with Gasteiger partial charge in [-0.2, -0.15) is 0 Å². The van der Waals surface area contributed by atoms with E-state index >= 15 is 0 Å². The Morgan fingerprint density at radius 3 is 2.25 bits per heavy atom. The van der Waals surface area contributed by atoms with E-state index in [1.54, 1.807) is 24.3 Å². The Balaban J connectivity index is 2.27. The molecule has 0 spiro atoms. The van der Waals surface area contributed by atoms with Gasteiger partial charge >= 0.3 is 0 Å². The van der Waals surface area contributed by atoms with E-state index in [9.17, 15) is 4.79 Å². The minimum Gasteiger partial charge on any atom is -0.294 e. The number of carbonyl (C=O) groups excluding carboxylic acids is 1. The lowest BCUT2D eigenvalue weighted by atomic mass is 10.0. The van der Waals surface area contributed by atoms with Crippen LogP contribution in [0.1, 0.15) is 42.5 Å². The predicted molar refractivity (Wildman–Crippen MR) is 69.6 cm³/mol. The Hall–Kier alpha value is -0.530. The molecule has 1 rings (SSSR count). The van der Waals surface area contributed by atoms with Gasteiger partial charge in [-0.15, -0.1) is 11.6 Å². The molecule has 0 atom stereocenters. The molecule has 16 heavy (non-hydrogen) atoms. The monoisotopic (exact) mass is 258 g/mol. The summed E-state index contributed by atoms with van der Waals surface area (Å²) in [6.45, 7) is 0. The Morgan fingerprint density at radius 1 is 1.00 bits per heavy atom. The van der Waals surface area contributed by atoms with Crippen LogP contribution < -0.4 is 0 Å². The number of carbonyl (C=O) groups is 1. The maximum Gasteiger partial charge on any atom is 0.162 e. The summed E-state index contributed by atoms with van der Waals surface area (Å²) >= 11 is 11.3. The molecule has 0 fully saturated rings. The minimum atomic E-state index is 0.197. The highest BCUT2D eigenvalue weighted by Crippen LogP contribution is 2.13. The topological polar surface area (TPSA) is 17.1 Å². The molecule has 1 nitrogen and oxygen atoms in total. The van der Waals surface area contributed by atoms with Crippen LogP contribution in [-0.2, 0) is 0 Å². The second-order valence-electron chi connectivity index (χ2n) is 3.78. The Bertz CT molecular complexity index is 319. The zero-order valence-electron chi connectivity index (χ0n) is 9.22. The zero-order chi connectivity index (χ0) is 11.8. The minimum absolute atomic E-state index is 0.197. The summed E-state index contributed by atoms with van der Waals surface area (Å²) < 4.78 is 0. The lowest BCUT2D eigenvalue weighted by Crippen LogP contribution is -1.98. The molecule has 0 aliphatic carbocycles. The van der Waals surface area contributed by atoms with E-state index in [0.29, 0.717) is 17.3 Å². The van der Waals surface area contributed by atoms with Crippen molar-refractivity contribution in [3.8, 4) is 0 Å². The summed E-state index contributed by atoms with van der Waals surface area (Å²) in [4.78, 5) is 11.7. The van der Waals surface area contributed by atoms with Crippen LogP contribution in [0.25, 0.3) is 0 Å². The molecule has 0 N–H and O–H groups in total. The van der Waals surface area contributed by atoms with Gasteiger partial charge in [0.25, 0.3) is 0 Å². The average Bonchev–Trinajstić information content (AvgIpc) is 2.29. The molecule has 0 aromatic heterocycles. The van der Waals surface area contributed by atoms with E-state index in [1.807, 2.05) is 0 Å². The first-order valence-electron chi connectivity index (χ1n) is 5.59. The number of unbranched alkanes of at least 4 members (excludes halogenated alkanes) is 3. The number of benzene rings is 1. The van der Waals surface area contributed by atoms with Gasteiger partial charge < -0.3 is 0 Å². The third-order valence-electron chi connectivity index (χ3n) is 2.45. The third-order valence-corrected chi connectivity index (χ3v) is 2.97. The fourth-order valence-electron chi connectivity index (χ4n) is 1.51. The van der Waals surface area contributed by atoms with Crippen LogP contribution in [0.3, 0.4) is 0 Å². The van der Waals surface area contributed by atoms with Crippen molar-refractivity contribution in [1.29, 1.82) is 0 Å². The van der Waals surface area contributed by atoms with Crippen molar-refractivity contribution in [2.75, 3.05) is 5.88 Å². The van der Waals surface area contributed by atoms with Crippen LogP contribution in [-0.4, -0.2) is 11.7 Å². The molecule has 1 aromatic carbocycles. The molecule has 0 radical (unpaired) electrons. The number of alkyl halides is 1. The number of halogens is 2. The van der Waals surface area contributed by atoms with E-state index in [2.05, 4.69) is 0 Å². The molecule has 0 saturated heterocycles. The van der Waals surface area contributed by atoms with Crippen LogP contribution >= 0.6 is 23.2 Å². The highest BCUT2D eigenvalue weighted by molar-refractivity contribution is 6.30. The molecule has 88 valence electrons. The Labute approximate surface area is 107 Å². The second-order valence-corrected chi connectivity index (χ2v) is 4.60. The van der Waals surface area contributed by atoms with Gasteiger partial charge in [-0.3, -0.25) is 4.79 Å². The van der Waals surface area contributed by atoms with Crippen LogP contribution in [0.4, 0.5) is 0 Å². The van der Waals surface area contributed by atoms with E-state index in [4.69, 9.17) is 23.2 Å². The molecular formula is C13H16Cl2O. The molecular weight excluding hydrogens is 243 g/mol. The van der Waals surface area contributed by atoms with E-state index in [1.165, 1.54) is 0 Å². The summed E-state index contributed by atoms with van der Waals surface area (Å²) in [5.74, 6) is 0.910. The molecule has 0 aliphatic heterocycles. The Kier molecular flexibility index (Phi) is 6.51. The van der Waals surface area contributed by atoms with E-state index < -0.39 is 0 Å². The van der Waals surface area contributed by atoms with Gasteiger partial charge in [-0.25, -0.2) is 0 Å². The summed E-state index contributed by atoms with van der Waals surface area (Å²) in [5, 5.41) is 0.665. The first kappa shape index (κ1) is 13.5. The average molecular weight is 259 g/mol. The Morgan fingerprint density at radius 2 is 1.62 bits per heavy atom. The van der Waals surface area contributed by atoms with Crippen LogP contribution in [0, 0.1) is 0 Å². The SMILES string of the molecule is O=C(CCCCCCCl)c1ccc(Cl)cc1. The molecule has 0 unspecified atom stereocenters.